The molecule has 0 N–H and O–H groups in total. The van der Waals surface area contributed by atoms with E-state index in [4.69, 9.17) is 0 Å². The largest absolute Gasteiger partial charge is 0.269 e. The van der Waals surface area contributed by atoms with Gasteiger partial charge in [-0.05, 0) is 0 Å². The van der Waals surface area contributed by atoms with Gasteiger partial charge >= 0.3 is 0 Å². The van der Waals surface area contributed by atoms with Crippen LogP contribution in [-0.2, 0) is 0 Å². The predicted octanol–water partition coefficient (Wildman–Crippen LogP) is 3.65. The molecule has 0 aliphatic heterocycles. The van der Waals surface area contributed by atoms with Crippen LogP contribution in [0.25, 0.3) is 0 Å². The van der Waals surface area contributed by atoms with E-state index >= 15 is 0 Å². The molecule has 0 aromatic carbocycles. The van der Waals surface area contributed by atoms with Gasteiger partial charge in [-0.2, -0.15) is 11.1 Å². The third-order valence-electron chi connectivity index (χ3n) is 2.44. The fourth-order valence-electron chi connectivity index (χ4n) is 1.78. The van der Waals surface area contributed by atoms with Crippen molar-refractivity contribution in [2.75, 3.05) is 0 Å². The van der Waals surface area contributed by atoms with Crippen molar-refractivity contribution in [3.63, 3.8) is 0 Å². The molecule has 1 aliphatic rings. The molecule has 0 aromatic heterocycles. The molecule has 1 heteroatoms. The Kier molecular flexibility index (Phi) is 6.53. The van der Waals surface area contributed by atoms with Crippen molar-refractivity contribution < 1.29 is 35.6 Å². The fourth-order valence-corrected chi connectivity index (χ4v) is 1.78. The molecule has 12 heavy (non-hydrogen) atoms. The van der Waals surface area contributed by atoms with Gasteiger partial charge in [0.1, 0.15) is 0 Å². The van der Waals surface area contributed by atoms with Crippen LogP contribution in [-0.4, -0.2) is 0 Å². The molecule has 0 spiro atoms. The van der Waals surface area contributed by atoms with Crippen LogP contribution in [0.5, 0.6) is 0 Å². The van der Waals surface area contributed by atoms with Crippen molar-refractivity contribution in [3.05, 3.63) is 22.8 Å². The Morgan fingerprint density at radius 1 is 1.08 bits per heavy atom. The minimum absolute atomic E-state index is 0. The maximum atomic E-state index is 3.45. The van der Waals surface area contributed by atoms with E-state index in [1.54, 1.807) is 11.1 Å². The molecular formula is C11H17La-. The van der Waals surface area contributed by atoms with E-state index in [0.29, 0.717) is 0 Å². The average Bonchev–Trinajstić information content (AvgIpc) is 2.45. The van der Waals surface area contributed by atoms with Gasteiger partial charge in [0.25, 0.3) is 0 Å². The molecule has 1 radical (unpaired) electrons. The first-order valence-electron chi connectivity index (χ1n) is 4.64. The Labute approximate surface area is 104 Å². The summed E-state index contributed by atoms with van der Waals surface area (Å²) in [6.07, 6.45) is 8.11. The van der Waals surface area contributed by atoms with Gasteiger partial charge < -0.3 is 0 Å². The number of allylic oxidation sites excluding steroid dienone is 4. The summed E-state index contributed by atoms with van der Waals surface area (Å²) in [7, 11) is 0. The van der Waals surface area contributed by atoms with Gasteiger partial charge in [0, 0.05) is 35.6 Å². The molecule has 0 aromatic rings. The van der Waals surface area contributed by atoms with E-state index in [0.717, 1.165) is 12.8 Å². The molecule has 0 atom stereocenters. The van der Waals surface area contributed by atoms with Crippen LogP contribution >= 0.6 is 0 Å². The molecule has 0 unspecified atom stereocenters. The topological polar surface area (TPSA) is 0 Å². The van der Waals surface area contributed by atoms with Crippen LogP contribution in [0.3, 0.4) is 0 Å². The Morgan fingerprint density at radius 2 is 1.75 bits per heavy atom. The molecule has 65 valence electrons. The van der Waals surface area contributed by atoms with Crippen LogP contribution in [0.15, 0.2) is 16.7 Å². The van der Waals surface area contributed by atoms with Crippen LogP contribution < -0.4 is 0 Å². The first-order chi connectivity index (χ1) is 5.33. The van der Waals surface area contributed by atoms with Crippen molar-refractivity contribution in [2.45, 2.75) is 46.5 Å². The van der Waals surface area contributed by atoms with E-state index in [9.17, 15) is 0 Å². The Bertz CT molecular complexity index is 199. The average molecular weight is 288 g/mol. The van der Waals surface area contributed by atoms with Crippen molar-refractivity contribution in [1.29, 1.82) is 0 Å². The molecule has 0 fully saturated rings. The zero-order valence-electron chi connectivity index (χ0n) is 8.41. The first-order valence-corrected chi connectivity index (χ1v) is 4.64. The monoisotopic (exact) mass is 288 g/mol. The summed E-state index contributed by atoms with van der Waals surface area (Å²) in [6, 6.07) is 0. The fraction of sp³-hybridized carbons (Fsp3) is 0.636. The smallest absolute Gasteiger partial charge is 0 e. The van der Waals surface area contributed by atoms with E-state index in [2.05, 4.69) is 26.8 Å². The third kappa shape index (κ3) is 2.58. The summed E-state index contributed by atoms with van der Waals surface area (Å²) in [5.41, 5.74) is 4.68. The SMILES string of the molecule is CCC1=[C-]CC(CC)=C1CC.[La]. The van der Waals surface area contributed by atoms with E-state index in [1.807, 2.05) is 0 Å². The maximum absolute atomic E-state index is 3.45. The van der Waals surface area contributed by atoms with Crippen molar-refractivity contribution >= 4 is 0 Å². The summed E-state index contributed by atoms with van der Waals surface area (Å²) in [5.74, 6) is 0. The molecule has 0 saturated carbocycles. The van der Waals surface area contributed by atoms with Crippen molar-refractivity contribution in [2.24, 2.45) is 0 Å². The second kappa shape index (κ2) is 6.18. The van der Waals surface area contributed by atoms with E-state index in [-0.39, 0.29) is 35.6 Å². The second-order valence-corrected chi connectivity index (χ2v) is 2.97. The zero-order valence-corrected chi connectivity index (χ0v) is 12.0. The Balaban J connectivity index is 0.00000121. The van der Waals surface area contributed by atoms with Gasteiger partial charge in [0.2, 0.25) is 0 Å². The van der Waals surface area contributed by atoms with Gasteiger partial charge in [-0.25, -0.2) is 5.57 Å². The van der Waals surface area contributed by atoms with Crippen molar-refractivity contribution in [1.82, 2.24) is 0 Å². The van der Waals surface area contributed by atoms with Crippen LogP contribution in [0.2, 0.25) is 0 Å². The number of rotatable bonds is 3. The van der Waals surface area contributed by atoms with E-state index in [1.165, 1.54) is 18.4 Å². The van der Waals surface area contributed by atoms with Gasteiger partial charge in [0.15, 0.2) is 0 Å². The van der Waals surface area contributed by atoms with Gasteiger partial charge in [-0.15, -0.1) is 6.42 Å². The van der Waals surface area contributed by atoms with Gasteiger partial charge in [-0.1, -0.05) is 40.0 Å². The summed E-state index contributed by atoms with van der Waals surface area (Å²) in [5, 5.41) is 0. The van der Waals surface area contributed by atoms with Crippen LogP contribution in [0.4, 0.5) is 0 Å². The molecule has 0 amide bonds. The molecule has 0 saturated heterocycles. The normalized spacial score (nSPS) is 16.1. The molecule has 1 rings (SSSR count). The Hall–Kier alpha value is 0.675. The summed E-state index contributed by atoms with van der Waals surface area (Å²) >= 11 is 0. The minimum atomic E-state index is 0. The molecule has 0 bridgehead atoms. The quantitative estimate of drug-likeness (QED) is 0.695. The molecule has 1 aliphatic carbocycles. The standard InChI is InChI=1S/C11H17.La/c1-4-9-7-8-10(5-2)11(9)6-3;/h4-7H2,1-3H3;/q-1;. The minimum Gasteiger partial charge on any atom is -0.269 e. The molecular weight excluding hydrogens is 271 g/mol. The summed E-state index contributed by atoms with van der Waals surface area (Å²) in [4.78, 5) is 0. The number of hydrogen-bond donors (Lipinski definition) is 0. The summed E-state index contributed by atoms with van der Waals surface area (Å²) < 4.78 is 0. The van der Waals surface area contributed by atoms with Crippen LogP contribution in [0.1, 0.15) is 46.5 Å². The van der Waals surface area contributed by atoms with Crippen molar-refractivity contribution in [3.8, 4) is 0 Å². The maximum Gasteiger partial charge on any atom is 0 e. The summed E-state index contributed by atoms with van der Waals surface area (Å²) in [6.45, 7) is 6.70. The van der Waals surface area contributed by atoms with E-state index < -0.39 is 0 Å². The Morgan fingerprint density at radius 3 is 2.17 bits per heavy atom. The predicted molar refractivity (Wildman–Crippen MR) is 49.3 cm³/mol. The number of hydrogen-bond acceptors (Lipinski definition) is 0. The molecule has 0 nitrogen and oxygen atoms in total. The second-order valence-electron chi connectivity index (χ2n) is 2.97. The third-order valence-corrected chi connectivity index (χ3v) is 2.44. The molecule has 0 heterocycles. The first kappa shape index (κ1) is 12.7. The zero-order chi connectivity index (χ0) is 8.27. The van der Waals surface area contributed by atoms with Gasteiger partial charge in [0.05, 0.1) is 0 Å². The van der Waals surface area contributed by atoms with Gasteiger partial charge in [-0.3, -0.25) is 6.08 Å². The van der Waals surface area contributed by atoms with Crippen LogP contribution in [0, 0.1) is 41.7 Å².